The van der Waals surface area contributed by atoms with Gasteiger partial charge < -0.3 is 27.9 Å². The molecule has 0 N–H and O–H groups in total. The highest BCUT2D eigenvalue weighted by Gasteiger charge is 2.21. The quantitative estimate of drug-likeness (QED) is 0.0196. The minimum absolute atomic E-state index is 0.0299. The molecule has 0 rings (SSSR count). The summed E-state index contributed by atoms with van der Waals surface area (Å²) < 4.78 is 33.7. The molecule has 350 valence electrons. The van der Waals surface area contributed by atoms with Crippen LogP contribution in [0.5, 0.6) is 0 Å². The van der Waals surface area contributed by atoms with Gasteiger partial charge in [-0.05, 0) is 51.4 Å². The predicted molar refractivity (Wildman–Crippen MR) is 250 cm³/mol. The molecule has 0 amide bonds. The van der Waals surface area contributed by atoms with Crippen molar-refractivity contribution in [2.24, 2.45) is 0 Å². The molecule has 0 aromatic carbocycles. The number of likely N-dealkylation sites (N-methyl/N-ethyl adjacent to an activating group) is 1. The van der Waals surface area contributed by atoms with E-state index < -0.39 is 32.5 Å². The standard InChI is InChI=1S/C50H92NO8P/c1-6-8-10-12-13-14-15-16-17-18-19-20-21-22-23-24-25-26-27-28-29-30-31-32-33-34-35-36-37-39-41-43-50(53)59-48(46-56-49(52)42-40-38-11-9-7-2)47-58-60(54,55)57-45-44-51(3,4)5/h8,10,13-14,16-17,19-20,48H,6-7,9,11-12,15,18,21-47H2,1-5H3/b10-8-,14-13-,17-16-,20-19-. The molecular weight excluding hydrogens is 774 g/mol. The summed E-state index contributed by atoms with van der Waals surface area (Å²) in [5, 5.41) is 0. The third-order valence-electron chi connectivity index (χ3n) is 10.4. The maximum Gasteiger partial charge on any atom is 0.306 e. The van der Waals surface area contributed by atoms with Crippen LogP contribution in [0, 0.1) is 0 Å². The molecule has 0 heterocycles. The molecule has 2 unspecified atom stereocenters. The Labute approximate surface area is 369 Å². The topological polar surface area (TPSA) is 111 Å². The summed E-state index contributed by atoms with van der Waals surface area (Å²) in [6.45, 7) is 4.03. The van der Waals surface area contributed by atoms with E-state index in [1.807, 2.05) is 21.1 Å². The van der Waals surface area contributed by atoms with Crippen LogP contribution in [0.4, 0.5) is 0 Å². The number of allylic oxidation sites excluding steroid dienone is 8. The summed E-state index contributed by atoms with van der Waals surface area (Å²) in [5.41, 5.74) is 0. The van der Waals surface area contributed by atoms with Crippen LogP contribution in [0.25, 0.3) is 0 Å². The number of quaternary nitrogens is 1. The average Bonchev–Trinajstić information content (AvgIpc) is 3.20. The first-order valence-electron chi connectivity index (χ1n) is 24.3. The number of phosphoric acid groups is 1. The van der Waals surface area contributed by atoms with Gasteiger partial charge in [-0.25, -0.2) is 0 Å². The molecule has 0 aliphatic carbocycles. The molecule has 60 heavy (non-hydrogen) atoms. The molecule has 2 atom stereocenters. The number of carbonyl (C=O) groups excluding carboxylic acids is 2. The molecule has 0 spiro atoms. The fraction of sp³-hybridized carbons (Fsp3) is 0.800. The van der Waals surface area contributed by atoms with Gasteiger partial charge in [-0.2, -0.15) is 0 Å². The van der Waals surface area contributed by atoms with E-state index >= 15 is 0 Å². The Bertz CT molecular complexity index is 1160. The number of hydrogen-bond donors (Lipinski definition) is 0. The molecule has 0 aromatic heterocycles. The highest BCUT2D eigenvalue weighted by Crippen LogP contribution is 2.38. The number of hydrogen-bond acceptors (Lipinski definition) is 8. The second-order valence-corrected chi connectivity index (χ2v) is 18.9. The molecule has 0 aromatic rings. The Hall–Kier alpha value is -2.03. The summed E-state index contributed by atoms with van der Waals surface area (Å²) in [6.07, 6.45) is 50.7. The van der Waals surface area contributed by atoms with Crippen molar-refractivity contribution in [3.8, 4) is 0 Å². The van der Waals surface area contributed by atoms with Crippen molar-refractivity contribution < 1.29 is 42.1 Å². The van der Waals surface area contributed by atoms with E-state index in [2.05, 4.69) is 62.5 Å². The van der Waals surface area contributed by atoms with Crippen molar-refractivity contribution in [3.63, 3.8) is 0 Å². The van der Waals surface area contributed by atoms with Crippen LogP contribution in [0.2, 0.25) is 0 Å². The molecule has 0 saturated heterocycles. The first kappa shape index (κ1) is 58.0. The lowest BCUT2D eigenvalue weighted by Gasteiger charge is -2.28. The Balaban J connectivity index is 3.90. The number of ether oxygens (including phenoxy) is 2. The van der Waals surface area contributed by atoms with E-state index in [-0.39, 0.29) is 26.1 Å². The lowest BCUT2D eigenvalue weighted by atomic mass is 10.0. The molecule has 0 saturated carbocycles. The smallest absolute Gasteiger partial charge is 0.306 e. The fourth-order valence-electron chi connectivity index (χ4n) is 6.59. The monoisotopic (exact) mass is 866 g/mol. The van der Waals surface area contributed by atoms with Gasteiger partial charge in [0.1, 0.15) is 19.8 Å². The van der Waals surface area contributed by atoms with Gasteiger partial charge >= 0.3 is 11.9 Å². The first-order chi connectivity index (χ1) is 29.0. The Morgan fingerprint density at radius 2 is 0.950 bits per heavy atom. The van der Waals surface area contributed by atoms with Gasteiger partial charge in [-0.1, -0.05) is 191 Å². The lowest BCUT2D eigenvalue weighted by molar-refractivity contribution is -0.870. The fourth-order valence-corrected chi connectivity index (χ4v) is 7.32. The summed E-state index contributed by atoms with van der Waals surface area (Å²) in [5.74, 6) is -0.844. The summed E-state index contributed by atoms with van der Waals surface area (Å²) >= 11 is 0. The Morgan fingerprint density at radius 3 is 1.42 bits per heavy atom. The number of phosphoric ester groups is 1. The molecule has 9 nitrogen and oxygen atoms in total. The zero-order chi connectivity index (χ0) is 44.3. The largest absolute Gasteiger partial charge is 0.756 e. The van der Waals surface area contributed by atoms with Crippen molar-refractivity contribution in [2.45, 2.75) is 213 Å². The van der Waals surface area contributed by atoms with Crippen molar-refractivity contribution in [1.82, 2.24) is 0 Å². The van der Waals surface area contributed by atoms with Crippen molar-refractivity contribution in [2.75, 3.05) is 47.5 Å². The zero-order valence-electron chi connectivity index (χ0n) is 39.4. The van der Waals surface area contributed by atoms with Gasteiger partial charge in [0.25, 0.3) is 7.82 Å². The maximum atomic E-state index is 12.6. The van der Waals surface area contributed by atoms with Gasteiger partial charge in [-0.3, -0.25) is 14.2 Å². The number of rotatable bonds is 44. The van der Waals surface area contributed by atoms with Gasteiger partial charge in [0.15, 0.2) is 6.10 Å². The number of nitrogens with zero attached hydrogens (tertiary/aromatic N) is 1. The van der Waals surface area contributed by atoms with E-state index in [1.54, 1.807) is 0 Å². The molecule has 0 aliphatic heterocycles. The Morgan fingerprint density at radius 1 is 0.533 bits per heavy atom. The molecule has 10 heteroatoms. The van der Waals surface area contributed by atoms with Gasteiger partial charge in [0.05, 0.1) is 27.7 Å². The number of unbranched alkanes of at least 4 members (excludes halogenated alkanes) is 22. The maximum absolute atomic E-state index is 12.6. The van der Waals surface area contributed by atoms with E-state index in [0.717, 1.165) is 77.0 Å². The molecule has 0 radical (unpaired) electrons. The van der Waals surface area contributed by atoms with E-state index in [9.17, 15) is 19.0 Å². The average molecular weight is 866 g/mol. The second kappa shape index (κ2) is 42.3. The number of esters is 2. The number of carbonyl (C=O) groups is 2. The highest BCUT2D eigenvalue weighted by atomic mass is 31.2. The SMILES string of the molecule is CC/C=C\C/C=C\C/C=C\C/C=C\CCCCCCCCCCCCCCCCCCCCC(=O)OC(COC(=O)CCCCCCC)COP(=O)([O-])OCC[N+](C)(C)C. The normalized spacial score (nSPS) is 13.9. The van der Waals surface area contributed by atoms with E-state index in [1.165, 1.54) is 96.3 Å². The molecule has 0 bridgehead atoms. The van der Waals surface area contributed by atoms with Gasteiger partial charge in [-0.15, -0.1) is 0 Å². The second-order valence-electron chi connectivity index (χ2n) is 17.5. The minimum Gasteiger partial charge on any atom is -0.756 e. The zero-order valence-corrected chi connectivity index (χ0v) is 40.3. The first-order valence-corrected chi connectivity index (χ1v) is 25.8. The van der Waals surface area contributed by atoms with Crippen LogP contribution in [0.1, 0.15) is 206 Å². The third kappa shape index (κ3) is 45.5. The van der Waals surface area contributed by atoms with Crippen molar-refractivity contribution in [3.05, 3.63) is 48.6 Å². The third-order valence-corrected chi connectivity index (χ3v) is 11.3. The van der Waals surface area contributed by atoms with Gasteiger partial charge in [0.2, 0.25) is 0 Å². The van der Waals surface area contributed by atoms with Gasteiger partial charge in [0, 0.05) is 12.8 Å². The van der Waals surface area contributed by atoms with Crippen LogP contribution >= 0.6 is 7.82 Å². The minimum atomic E-state index is -4.61. The predicted octanol–water partition coefficient (Wildman–Crippen LogP) is 13.6. The van der Waals surface area contributed by atoms with Crippen LogP contribution < -0.4 is 4.89 Å². The summed E-state index contributed by atoms with van der Waals surface area (Å²) in [4.78, 5) is 37.2. The van der Waals surface area contributed by atoms with Crippen molar-refractivity contribution in [1.29, 1.82) is 0 Å². The van der Waals surface area contributed by atoms with Crippen LogP contribution in [0.3, 0.4) is 0 Å². The molecule has 0 aliphatic rings. The summed E-state index contributed by atoms with van der Waals surface area (Å²) in [7, 11) is 1.17. The lowest BCUT2D eigenvalue weighted by Crippen LogP contribution is -2.37. The van der Waals surface area contributed by atoms with E-state index in [0.29, 0.717) is 17.4 Å². The van der Waals surface area contributed by atoms with Crippen LogP contribution in [-0.4, -0.2) is 70.0 Å². The van der Waals surface area contributed by atoms with Crippen molar-refractivity contribution >= 4 is 19.8 Å². The van der Waals surface area contributed by atoms with Crippen LogP contribution in [-0.2, 0) is 32.7 Å². The highest BCUT2D eigenvalue weighted by molar-refractivity contribution is 7.45. The Kier molecular flexibility index (Phi) is 40.8. The van der Waals surface area contributed by atoms with E-state index in [4.69, 9.17) is 18.5 Å². The summed E-state index contributed by atoms with van der Waals surface area (Å²) in [6, 6.07) is 0. The van der Waals surface area contributed by atoms with Crippen LogP contribution in [0.15, 0.2) is 48.6 Å². The molecular formula is C50H92NO8P. The molecule has 0 fully saturated rings.